The third kappa shape index (κ3) is 3.49. The van der Waals surface area contributed by atoms with Crippen molar-refractivity contribution in [1.29, 1.82) is 0 Å². The van der Waals surface area contributed by atoms with Gasteiger partial charge in [0, 0.05) is 32.0 Å². The van der Waals surface area contributed by atoms with E-state index in [4.69, 9.17) is 0 Å². The molecule has 2 aromatic heterocycles. The van der Waals surface area contributed by atoms with Crippen LogP contribution in [0, 0.1) is 12.8 Å². The summed E-state index contributed by atoms with van der Waals surface area (Å²) in [6.45, 7) is 4.26. The summed E-state index contributed by atoms with van der Waals surface area (Å²) in [6, 6.07) is 10.3. The van der Waals surface area contributed by atoms with Crippen molar-refractivity contribution < 1.29 is 4.79 Å². The molecule has 25 heavy (non-hydrogen) atoms. The van der Waals surface area contributed by atoms with Crippen LogP contribution in [0.15, 0.2) is 42.7 Å². The lowest BCUT2D eigenvalue weighted by atomic mass is 10.00. The minimum Gasteiger partial charge on any atom is -0.355 e. The Kier molecular flexibility index (Phi) is 4.36. The summed E-state index contributed by atoms with van der Waals surface area (Å²) in [5.74, 6) is 0.202. The minimum atomic E-state index is 0.0613. The molecule has 1 aromatic carbocycles. The maximum atomic E-state index is 12.2. The fourth-order valence-electron chi connectivity index (χ4n) is 2.98. The third-order valence-electron chi connectivity index (χ3n) is 4.52. The van der Waals surface area contributed by atoms with Crippen molar-refractivity contribution in [3.05, 3.63) is 53.9 Å². The number of anilines is 1. The van der Waals surface area contributed by atoms with Crippen LogP contribution in [0.5, 0.6) is 0 Å². The summed E-state index contributed by atoms with van der Waals surface area (Å²) in [7, 11) is 0. The van der Waals surface area contributed by atoms with Crippen molar-refractivity contribution in [3.63, 3.8) is 0 Å². The number of hydrogen-bond donors (Lipinski definition) is 1. The molecule has 1 amide bonds. The standard InChI is InChI=1S/C19H20N4OS/c1-13-2-3-16-17(10-13)25-19(22-16)23-11-15(12-23)18(24)21-9-6-14-4-7-20-8-5-14/h2-5,7-8,10,15H,6,9,11-12H2,1H3,(H,21,24). The van der Waals surface area contributed by atoms with E-state index in [0.717, 1.165) is 30.2 Å². The lowest BCUT2D eigenvalue weighted by Crippen LogP contribution is -2.54. The zero-order valence-corrected chi connectivity index (χ0v) is 14.9. The molecular formula is C19H20N4OS. The van der Waals surface area contributed by atoms with E-state index in [0.29, 0.717) is 6.54 Å². The molecule has 6 heteroatoms. The fraction of sp³-hybridized carbons (Fsp3) is 0.316. The molecule has 3 heterocycles. The van der Waals surface area contributed by atoms with Gasteiger partial charge in [0.2, 0.25) is 5.91 Å². The molecule has 0 atom stereocenters. The van der Waals surface area contributed by atoms with Crippen molar-refractivity contribution in [2.24, 2.45) is 5.92 Å². The van der Waals surface area contributed by atoms with Crippen LogP contribution >= 0.6 is 11.3 Å². The molecule has 4 rings (SSSR count). The predicted molar refractivity (Wildman–Crippen MR) is 101 cm³/mol. The third-order valence-corrected chi connectivity index (χ3v) is 5.60. The van der Waals surface area contributed by atoms with Crippen LogP contribution in [0.4, 0.5) is 5.13 Å². The number of amides is 1. The van der Waals surface area contributed by atoms with Crippen molar-refractivity contribution in [2.75, 3.05) is 24.5 Å². The first kappa shape index (κ1) is 16.0. The van der Waals surface area contributed by atoms with Crippen LogP contribution in [-0.4, -0.2) is 35.5 Å². The Balaban J connectivity index is 1.28. The molecule has 0 radical (unpaired) electrons. The van der Waals surface area contributed by atoms with Crippen LogP contribution in [0.1, 0.15) is 11.1 Å². The number of carbonyl (C=O) groups excluding carboxylic acids is 1. The zero-order chi connectivity index (χ0) is 17.2. The average molecular weight is 352 g/mol. The molecule has 1 aliphatic heterocycles. The van der Waals surface area contributed by atoms with Gasteiger partial charge in [-0.25, -0.2) is 4.98 Å². The van der Waals surface area contributed by atoms with Crippen molar-refractivity contribution in [3.8, 4) is 0 Å². The monoisotopic (exact) mass is 352 g/mol. The van der Waals surface area contributed by atoms with E-state index in [1.807, 2.05) is 12.1 Å². The molecular weight excluding hydrogens is 332 g/mol. The van der Waals surface area contributed by atoms with Crippen molar-refractivity contribution in [2.45, 2.75) is 13.3 Å². The first-order valence-electron chi connectivity index (χ1n) is 8.48. The van der Waals surface area contributed by atoms with Gasteiger partial charge in [0.1, 0.15) is 0 Å². The zero-order valence-electron chi connectivity index (χ0n) is 14.1. The van der Waals surface area contributed by atoms with Crippen LogP contribution < -0.4 is 10.2 Å². The molecule has 0 spiro atoms. The van der Waals surface area contributed by atoms with Gasteiger partial charge in [-0.05, 0) is 48.7 Å². The average Bonchev–Trinajstić information content (AvgIpc) is 2.97. The normalized spacial score (nSPS) is 14.5. The molecule has 0 saturated carbocycles. The number of aromatic nitrogens is 2. The number of rotatable bonds is 5. The highest BCUT2D eigenvalue weighted by molar-refractivity contribution is 7.22. The van der Waals surface area contributed by atoms with Gasteiger partial charge in [-0.2, -0.15) is 0 Å². The number of nitrogens with one attached hydrogen (secondary N) is 1. The van der Waals surface area contributed by atoms with E-state index in [1.165, 1.54) is 15.8 Å². The number of fused-ring (bicyclic) bond motifs is 1. The number of pyridine rings is 1. The molecule has 3 aromatic rings. The first-order valence-corrected chi connectivity index (χ1v) is 9.29. The molecule has 0 unspecified atom stereocenters. The SMILES string of the molecule is Cc1ccc2nc(N3CC(C(=O)NCCc4ccncc4)C3)sc2c1. The fourth-order valence-corrected chi connectivity index (χ4v) is 4.06. The van der Waals surface area contributed by atoms with E-state index in [9.17, 15) is 4.79 Å². The highest BCUT2D eigenvalue weighted by Crippen LogP contribution is 2.33. The van der Waals surface area contributed by atoms with E-state index in [-0.39, 0.29) is 11.8 Å². The summed E-state index contributed by atoms with van der Waals surface area (Å²) in [5.41, 5.74) is 3.48. The van der Waals surface area contributed by atoms with Gasteiger partial charge < -0.3 is 10.2 Å². The highest BCUT2D eigenvalue weighted by Gasteiger charge is 2.34. The van der Waals surface area contributed by atoms with Gasteiger partial charge in [0.05, 0.1) is 16.1 Å². The largest absolute Gasteiger partial charge is 0.355 e. The number of nitrogens with zero attached hydrogens (tertiary/aromatic N) is 3. The second-order valence-corrected chi connectivity index (χ2v) is 7.48. The molecule has 0 bridgehead atoms. The van der Waals surface area contributed by atoms with Gasteiger partial charge in [-0.15, -0.1) is 0 Å². The highest BCUT2D eigenvalue weighted by atomic mass is 32.1. The second kappa shape index (κ2) is 6.80. The van der Waals surface area contributed by atoms with Crippen molar-refractivity contribution in [1.82, 2.24) is 15.3 Å². The number of benzene rings is 1. The van der Waals surface area contributed by atoms with Gasteiger partial charge >= 0.3 is 0 Å². The van der Waals surface area contributed by atoms with Gasteiger partial charge in [0.15, 0.2) is 5.13 Å². The first-order chi connectivity index (χ1) is 12.2. The molecule has 0 aliphatic carbocycles. The van der Waals surface area contributed by atoms with E-state index < -0.39 is 0 Å². The topological polar surface area (TPSA) is 58.1 Å². The number of hydrogen-bond acceptors (Lipinski definition) is 5. The molecule has 1 aliphatic rings. The van der Waals surface area contributed by atoms with Crippen molar-refractivity contribution >= 4 is 32.6 Å². The van der Waals surface area contributed by atoms with Gasteiger partial charge in [0.25, 0.3) is 0 Å². The summed E-state index contributed by atoms with van der Waals surface area (Å²) in [4.78, 5) is 23.1. The van der Waals surface area contributed by atoms with E-state index in [1.54, 1.807) is 23.7 Å². The molecule has 1 N–H and O–H groups in total. The molecule has 128 valence electrons. The summed E-state index contributed by atoms with van der Waals surface area (Å²) in [6.07, 6.45) is 4.39. The molecule has 5 nitrogen and oxygen atoms in total. The lowest BCUT2D eigenvalue weighted by molar-refractivity contribution is -0.125. The number of aryl methyl sites for hydroxylation is 1. The number of carbonyl (C=O) groups is 1. The smallest absolute Gasteiger partial charge is 0.226 e. The quantitative estimate of drug-likeness (QED) is 0.767. The van der Waals surface area contributed by atoms with Crippen LogP contribution in [-0.2, 0) is 11.2 Å². The van der Waals surface area contributed by atoms with E-state index >= 15 is 0 Å². The van der Waals surface area contributed by atoms with Gasteiger partial charge in [-0.1, -0.05) is 17.4 Å². The van der Waals surface area contributed by atoms with Crippen LogP contribution in [0.25, 0.3) is 10.2 Å². The van der Waals surface area contributed by atoms with Crippen LogP contribution in [0.3, 0.4) is 0 Å². The van der Waals surface area contributed by atoms with Gasteiger partial charge in [-0.3, -0.25) is 9.78 Å². The Morgan fingerprint density at radius 3 is 2.88 bits per heavy atom. The summed E-state index contributed by atoms with van der Waals surface area (Å²) >= 11 is 1.70. The maximum absolute atomic E-state index is 12.2. The lowest BCUT2D eigenvalue weighted by Gasteiger charge is -2.37. The van der Waals surface area contributed by atoms with E-state index in [2.05, 4.69) is 45.3 Å². The minimum absolute atomic E-state index is 0.0613. The Morgan fingerprint density at radius 2 is 2.08 bits per heavy atom. The Bertz CT molecular complexity index is 887. The maximum Gasteiger partial charge on any atom is 0.226 e. The summed E-state index contributed by atoms with van der Waals surface area (Å²) in [5, 5.41) is 4.05. The molecule has 1 saturated heterocycles. The van der Waals surface area contributed by atoms with Crippen LogP contribution in [0.2, 0.25) is 0 Å². The number of thiazole rings is 1. The Morgan fingerprint density at radius 1 is 1.28 bits per heavy atom. The Hall–Kier alpha value is -2.47. The molecule has 1 fully saturated rings. The second-order valence-electron chi connectivity index (χ2n) is 6.47. The Labute approximate surface area is 150 Å². The predicted octanol–water partition coefficient (Wildman–Crippen LogP) is 2.79. The summed E-state index contributed by atoms with van der Waals surface area (Å²) < 4.78 is 1.21.